The molecule has 0 nitrogen and oxygen atoms in total. The van der Waals surface area contributed by atoms with Gasteiger partial charge in [-0.3, -0.25) is 0 Å². The molecule has 4 aromatic rings. The SMILES string of the molecule is Cc1cc(-c2ccccc2)cc(-c2cc(C)ccc2-c2ccccc2)c1. The number of rotatable bonds is 3. The number of aryl methyl sites for hydroxylation is 2. The van der Waals surface area contributed by atoms with Crippen LogP contribution in [-0.2, 0) is 0 Å². The molecule has 126 valence electrons. The highest BCUT2D eigenvalue weighted by atomic mass is 14.1. The molecular formula is C26H22. The van der Waals surface area contributed by atoms with Crippen LogP contribution in [0.3, 0.4) is 0 Å². The van der Waals surface area contributed by atoms with E-state index < -0.39 is 0 Å². The van der Waals surface area contributed by atoms with Gasteiger partial charge in [0.05, 0.1) is 0 Å². The summed E-state index contributed by atoms with van der Waals surface area (Å²) in [5.41, 5.74) is 10.2. The second-order valence-corrected chi connectivity index (χ2v) is 6.87. The summed E-state index contributed by atoms with van der Waals surface area (Å²) in [6.07, 6.45) is 0. The molecule has 0 unspecified atom stereocenters. The number of hydrogen-bond acceptors (Lipinski definition) is 0. The molecule has 0 fully saturated rings. The smallest absolute Gasteiger partial charge is 0.0102 e. The molecular weight excluding hydrogens is 312 g/mol. The molecule has 0 aliphatic heterocycles. The molecule has 0 heteroatoms. The van der Waals surface area contributed by atoms with Crippen molar-refractivity contribution in [3.63, 3.8) is 0 Å². The Kier molecular flexibility index (Phi) is 4.41. The van der Waals surface area contributed by atoms with E-state index in [1.165, 1.54) is 44.5 Å². The summed E-state index contributed by atoms with van der Waals surface area (Å²) in [4.78, 5) is 0. The van der Waals surface area contributed by atoms with Crippen molar-refractivity contribution in [3.05, 3.63) is 108 Å². The zero-order valence-electron chi connectivity index (χ0n) is 15.2. The Hall–Kier alpha value is -3.12. The van der Waals surface area contributed by atoms with E-state index in [9.17, 15) is 0 Å². The summed E-state index contributed by atoms with van der Waals surface area (Å²) in [6, 6.07) is 34.8. The molecule has 4 aromatic carbocycles. The van der Waals surface area contributed by atoms with Gasteiger partial charge < -0.3 is 0 Å². The van der Waals surface area contributed by atoms with Crippen molar-refractivity contribution < 1.29 is 0 Å². The molecule has 0 bridgehead atoms. The molecule has 0 amide bonds. The van der Waals surface area contributed by atoms with Crippen molar-refractivity contribution in [1.82, 2.24) is 0 Å². The predicted molar refractivity (Wildman–Crippen MR) is 112 cm³/mol. The number of hydrogen-bond donors (Lipinski definition) is 0. The molecule has 0 spiro atoms. The van der Waals surface area contributed by atoms with E-state index in [0.29, 0.717) is 0 Å². The fourth-order valence-corrected chi connectivity index (χ4v) is 3.50. The van der Waals surface area contributed by atoms with E-state index in [1.54, 1.807) is 0 Å². The zero-order valence-corrected chi connectivity index (χ0v) is 15.2. The Morgan fingerprint density at radius 3 is 1.69 bits per heavy atom. The molecule has 0 aromatic heterocycles. The molecule has 0 atom stereocenters. The number of benzene rings is 4. The van der Waals surface area contributed by atoms with E-state index >= 15 is 0 Å². The largest absolute Gasteiger partial charge is 0.0622 e. The normalized spacial score (nSPS) is 10.7. The van der Waals surface area contributed by atoms with Gasteiger partial charge >= 0.3 is 0 Å². The average Bonchev–Trinajstić information content (AvgIpc) is 2.69. The van der Waals surface area contributed by atoms with Crippen molar-refractivity contribution in [1.29, 1.82) is 0 Å². The van der Waals surface area contributed by atoms with Gasteiger partial charge in [0, 0.05) is 0 Å². The lowest BCUT2D eigenvalue weighted by Crippen LogP contribution is -1.89. The summed E-state index contributed by atoms with van der Waals surface area (Å²) in [5, 5.41) is 0. The van der Waals surface area contributed by atoms with Gasteiger partial charge in [0.2, 0.25) is 0 Å². The first kappa shape index (κ1) is 16.4. The van der Waals surface area contributed by atoms with Crippen LogP contribution in [0.1, 0.15) is 11.1 Å². The Balaban J connectivity index is 1.91. The van der Waals surface area contributed by atoms with Gasteiger partial charge in [-0.15, -0.1) is 0 Å². The van der Waals surface area contributed by atoms with E-state index in [2.05, 4.69) is 111 Å². The van der Waals surface area contributed by atoms with Crippen molar-refractivity contribution in [3.8, 4) is 33.4 Å². The lowest BCUT2D eigenvalue weighted by molar-refractivity contribution is 1.43. The Morgan fingerprint density at radius 1 is 0.385 bits per heavy atom. The minimum absolute atomic E-state index is 1.25. The predicted octanol–water partition coefficient (Wildman–Crippen LogP) is 7.30. The van der Waals surface area contributed by atoms with Crippen LogP contribution in [0.25, 0.3) is 33.4 Å². The molecule has 0 radical (unpaired) electrons. The van der Waals surface area contributed by atoms with Gasteiger partial charge in [0.25, 0.3) is 0 Å². The first-order valence-electron chi connectivity index (χ1n) is 9.04. The summed E-state index contributed by atoms with van der Waals surface area (Å²) in [6.45, 7) is 4.33. The maximum atomic E-state index is 2.31. The van der Waals surface area contributed by atoms with Gasteiger partial charge in [-0.2, -0.15) is 0 Å². The van der Waals surface area contributed by atoms with Crippen molar-refractivity contribution in [2.24, 2.45) is 0 Å². The molecule has 0 heterocycles. The van der Waals surface area contributed by atoms with Crippen molar-refractivity contribution >= 4 is 0 Å². The molecule has 26 heavy (non-hydrogen) atoms. The van der Waals surface area contributed by atoms with Crippen LogP contribution >= 0.6 is 0 Å². The van der Waals surface area contributed by atoms with Gasteiger partial charge in [-0.05, 0) is 58.9 Å². The molecule has 0 N–H and O–H groups in total. The molecule has 0 aliphatic carbocycles. The minimum atomic E-state index is 1.25. The summed E-state index contributed by atoms with van der Waals surface area (Å²) < 4.78 is 0. The Bertz CT molecular complexity index is 1030. The molecule has 4 rings (SSSR count). The van der Waals surface area contributed by atoms with Crippen LogP contribution in [0.4, 0.5) is 0 Å². The second kappa shape index (κ2) is 7.01. The van der Waals surface area contributed by atoms with Gasteiger partial charge in [0.1, 0.15) is 0 Å². The van der Waals surface area contributed by atoms with E-state index in [4.69, 9.17) is 0 Å². The fourth-order valence-electron chi connectivity index (χ4n) is 3.50. The lowest BCUT2D eigenvalue weighted by Gasteiger charge is -2.14. The highest BCUT2D eigenvalue weighted by molar-refractivity contribution is 5.86. The topological polar surface area (TPSA) is 0 Å². The third-order valence-corrected chi connectivity index (χ3v) is 4.76. The second-order valence-electron chi connectivity index (χ2n) is 6.87. The van der Waals surface area contributed by atoms with Gasteiger partial charge in [-0.1, -0.05) is 96.6 Å². The van der Waals surface area contributed by atoms with Crippen LogP contribution in [0, 0.1) is 13.8 Å². The van der Waals surface area contributed by atoms with Gasteiger partial charge in [0.15, 0.2) is 0 Å². The Labute approximate surface area is 155 Å². The zero-order chi connectivity index (χ0) is 17.9. The quantitative estimate of drug-likeness (QED) is 0.368. The molecule has 0 saturated carbocycles. The van der Waals surface area contributed by atoms with E-state index in [1.807, 2.05) is 0 Å². The first-order valence-corrected chi connectivity index (χ1v) is 9.04. The highest BCUT2D eigenvalue weighted by Crippen LogP contribution is 2.35. The van der Waals surface area contributed by atoms with Gasteiger partial charge in [-0.25, -0.2) is 0 Å². The molecule has 0 saturated heterocycles. The monoisotopic (exact) mass is 334 g/mol. The summed E-state index contributed by atoms with van der Waals surface area (Å²) in [5.74, 6) is 0. The fraction of sp³-hybridized carbons (Fsp3) is 0.0769. The van der Waals surface area contributed by atoms with Crippen LogP contribution in [0.5, 0.6) is 0 Å². The summed E-state index contributed by atoms with van der Waals surface area (Å²) in [7, 11) is 0. The summed E-state index contributed by atoms with van der Waals surface area (Å²) >= 11 is 0. The van der Waals surface area contributed by atoms with E-state index in [-0.39, 0.29) is 0 Å². The maximum absolute atomic E-state index is 2.31. The third kappa shape index (κ3) is 3.32. The van der Waals surface area contributed by atoms with Crippen LogP contribution < -0.4 is 0 Å². The Morgan fingerprint density at radius 2 is 1.00 bits per heavy atom. The average molecular weight is 334 g/mol. The van der Waals surface area contributed by atoms with Crippen molar-refractivity contribution in [2.45, 2.75) is 13.8 Å². The van der Waals surface area contributed by atoms with Crippen LogP contribution in [0.15, 0.2) is 97.1 Å². The van der Waals surface area contributed by atoms with Crippen LogP contribution in [-0.4, -0.2) is 0 Å². The maximum Gasteiger partial charge on any atom is -0.0102 e. The minimum Gasteiger partial charge on any atom is -0.0622 e. The van der Waals surface area contributed by atoms with E-state index in [0.717, 1.165) is 0 Å². The first-order chi connectivity index (χ1) is 12.7. The van der Waals surface area contributed by atoms with Crippen molar-refractivity contribution in [2.75, 3.05) is 0 Å². The highest BCUT2D eigenvalue weighted by Gasteiger charge is 2.10. The third-order valence-electron chi connectivity index (χ3n) is 4.76. The standard InChI is InChI=1S/C26H22/c1-19-13-14-25(22-11-7-4-8-12-22)26(17-19)24-16-20(2)15-23(18-24)21-9-5-3-6-10-21/h3-18H,1-2H3. The molecule has 0 aliphatic rings. The van der Waals surface area contributed by atoms with Crippen LogP contribution in [0.2, 0.25) is 0 Å². The lowest BCUT2D eigenvalue weighted by atomic mass is 9.90.